The molecule has 0 atom stereocenters. The normalized spacial score (nSPS) is 10.7. The van der Waals surface area contributed by atoms with Gasteiger partial charge in [-0.15, -0.1) is 0 Å². The zero-order valence-electron chi connectivity index (χ0n) is 11.8. The predicted molar refractivity (Wildman–Crippen MR) is 85.8 cm³/mol. The van der Waals surface area contributed by atoms with Crippen molar-refractivity contribution < 1.29 is 4.74 Å². The Bertz CT molecular complexity index is 501. The van der Waals surface area contributed by atoms with Gasteiger partial charge in [0.05, 0.1) is 12.5 Å². The van der Waals surface area contributed by atoms with Crippen LogP contribution in [-0.4, -0.2) is 12.5 Å². The van der Waals surface area contributed by atoms with Crippen LogP contribution >= 0.6 is 11.8 Å². The predicted octanol–water partition coefficient (Wildman–Crippen LogP) is 4.06. The van der Waals surface area contributed by atoms with E-state index in [9.17, 15) is 0 Å². The Balaban J connectivity index is 1.73. The molecule has 0 unspecified atom stereocenters. The lowest BCUT2D eigenvalue weighted by Crippen LogP contribution is -2.11. The van der Waals surface area contributed by atoms with Gasteiger partial charge < -0.3 is 10.1 Å². The molecule has 0 aliphatic rings. The lowest BCUT2D eigenvalue weighted by atomic mass is 10.2. The summed E-state index contributed by atoms with van der Waals surface area (Å²) in [7, 11) is 0. The highest BCUT2D eigenvalue weighted by Gasteiger charge is 1.98. The molecule has 0 radical (unpaired) electrons. The van der Waals surface area contributed by atoms with Gasteiger partial charge in [-0.1, -0.05) is 61.2 Å². The Morgan fingerprint density at radius 1 is 1.00 bits per heavy atom. The average Bonchev–Trinajstić information content (AvgIpc) is 2.51. The number of hydrogen-bond donors (Lipinski definition) is 1. The van der Waals surface area contributed by atoms with Gasteiger partial charge in [-0.05, 0) is 29.8 Å². The monoisotopic (exact) mass is 287 g/mol. The highest BCUT2D eigenvalue weighted by Crippen LogP contribution is 2.19. The molecule has 2 rings (SSSR count). The van der Waals surface area contributed by atoms with E-state index in [1.165, 1.54) is 16.0 Å². The van der Waals surface area contributed by atoms with E-state index in [1.54, 1.807) is 11.8 Å². The van der Waals surface area contributed by atoms with Crippen molar-refractivity contribution >= 4 is 11.8 Å². The van der Waals surface area contributed by atoms with Crippen LogP contribution in [0.1, 0.15) is 18.1 Å². The third kappa shape index (κ3) is 5.37. The summed E-state index contributed by atoms with van der Waals surface area (Å²) in [4.78, 5) is 1.26. The third-order valence-electron chi connectivity index (χ3n) is 2.90. The molecule has 0 aliphatic heterocycles. The Hall–Kier alpha value is -1.29. The summed E-state index contributed by atoms with van der Waals surface area (Å²) in [5, 5.41) is 3.34. The fourth-order valence-corrected chi connectivity index (χ4v) is 2.57. The minimum atomic E-state index is 0.672. The molecule has 3 heteroatoms. The quantitative estimate of drug-likeness (QED) is 0.449. The lowest BCUT2D eigenvalue weighted by molar-refractivity contribution is 0.169. The largest absolute Gasteiger partial charge is 0.366 e. The van der Waals surface area contributed by atoms with Crippen molar-refractivity contribution in [3.05, 3.63) is 65.7 Å². The molecule has 0 bridgehead atoms. The summed E-state index contributed by atoms with van der Waals surface area (Å²) in [6.07, 6.45) is 0. The number of thioether (sulfide) groups is 1. The molecule has 2 nitrogen and oxygen atoms in total. The standard InChI is InChI=1S/C17H21NOS/c1-2-18-12-16-9-6-10-17(11-16)20-14-19-13-15-7-4-3-5-8-15/h3-11,18H,2,12-14H2,1H3. The maximum Gasteiger partial charge on any atom is 0.0971 e. The summed E-state index contributed by atoms with van der Waals surface area (Å²) in [6.45, 7) is 4.72. The molecular weight excluding hydrogens is 266 g/mol. The van der Waals surface area contributed by atoms with Crippen molar-refractivity contribution in [3.63, 3.8) is 0 Å². The maximum atomic E-state index is 5.69. The zero-order valence-corrected chi connectivity index (χ0v) is 12.7. The van der Waals surface area contributed by atoms with Crippen LogP contribution < -0.4 is 5.32 Å². The first-order valence-corrected chi connectivity index (χ1v) is 7.91. The second-order valence-electron chi connectivity index (χ2n) is 4.52. The van der Waals surface area contributed by atoms with Crippen LogP contribution in [0, 0.1) is 0 Å². The van der Waals surface area contributed by atoms with Gasteiger partial charge in [0.1, 0.15) is 0 Å². The molecule has 0 amide bonds. The van der Waals surface area contributed by atoms with E-state index in [2.05, 4.69) is 48.6 Å². The summed E-state index contributed by atoms with van der Waals surface area (Å²) in [5.41, 5.74) is 2.54. The molecule has 2 aromatic rings. The molecule has 0 aliphatic carbocycles. The molecule has 1 N–H and O–H groups in total. The third-order valence-corrected chi connectivity index (χ3v) is 3.77. The molecular formula is C17H21NOS. The summed E-state index contributed by atoms with van der Waals surface area (Å²) in [5.74, 6) is 0.680. The van der Waals surface area contributed by atoms with Crippen LogP contribution in [0.3, 0.4) is 0 Å². The van der Waals surface area contributed by atoms with Gasteiger partial charge in [-0.2, -0.15) is 0 Å². The first-order valence-electron chi connectivity index (χ1n) is 6.92. The molecule has 0 saturated heterocycles. The van der Waals surface area contributed by atoms with Gasteiger partial charge in [0.2, 0.25) is 0 Å². The Labute approximate surface area is 125 Å². The number of ether oxygens (including phenoxy) is 1. The van der Waals surface area contributed by atoms with Crippen molar-refractivity contribution in [2.24, 2.45) is 0 Å². The summed E-state index contributed by atoms with van der Waals surface area (Å²) >= 11 is 1.74. The highest BCUT2D eigenvalue weighted by atomic mass is 32.2. The van der Waals surface area contributed by atoms with Crippen molar-refractivity contribution in [1.82, 2.24) is 5.32 Å². The van der Waals surface area contributed by atoms with Crippen LogP contribution in [0.15, 0.2) is 59.5 Å². The van der Waals surface area contributed by atoms with E-state index >= 15 is 0 Å². The second-order valence-corrected chi connectivity index (χ2v) is 5.52. The molecule has 0 spiro atoms. The number of hydrogen-bond acceptors (Lipinski definition) is 3. The molecule has 0 heterocycles. The SMILES string of the molecule is CCNCc1cccc(SCOCc2ccccc2)c1. The van der Waals surface area contributed by atoms with E-state index < -0.39 is 0 Å². The summed E-state index contributed by atoms with van der Waals surface area (Å²) in [6, 6.07) is 18.9. The maximum absolute atomic E-state index is 5.69. The number of rotatable bonds is 8. The molecule has 20 heavy (non-hydrogen) atoms. The van der Waals surface area contributed by atoms with E-state index in [0.29, 0.717) is 12.5 Å². The van der Waals surface area contributed by atoms with Crippen molar-refractivity contribution in [3.8, 4) is 0 Å². The van der Waals surface area contributed by atoms with Crippen LogP contribution in [0.25, 0.3) is 0 Å². The van der Waals surface area contributed by atoms with E-state index in [4.69, 9.17) is 4.74 Å². The Morgan fingerprint density at radius 2 is 1.80 bits per heavy atom. The fourth-order valence-electron chi connectivity index (χ4n) is 1.86. The lowest BCUT2D eigenvalue weighted by Gasteiger charge is -2.07. The Morgan fingerprint density at radius 3 is 2.60 bits per heavy atom. The van der Waals surface area contributed by atoms with Gasteiger partial charge in [0.15, 0.2) is 0 Å². The van der Waals surface area contributed by atoms with Gasteiger partial charge in [-0.3, -0.25) is 0 Å². The van der Waals surface area contributed by atoms with Crippen LogP contribution in [0.2, 0.25) is 0 Å². The van der Waals surface area contributed by atoms with Gasteiger partial charge in [0.25, 0.3) is 0 Å². The smallest absolute Gasteiger partial charge is 0.0971 e. The highest BCUT2D eigenvalue weighted by molar-refractivity contribution is 7.99. The van der Waals surface area contributed by atoms with E-state index in [-0.39, 0.29) is 0 Å². The second kappa shape index (κ2) is 8.80. The number of benzene rings is 2. The molecule has 0 fully saturated rings. The molecule has 2 aromatic carbocycles. The van der Waals surface area contributed by atoms with Crippen molar-refractivity contribution in [2.75, 3.05) is 12.5 Å². The van der Waals surface area contributed by atoms with Crippen LogP contribution in [0.4, 0.5) is 0 Å². The van der Waals surface area contributed by atoms with Crippen molar-refractivity contribution in [2.45, 2.75) is 25.0 Å². The first-order chi connectivity index (χ1) is 9.88. The summed E-state index contributed by atoms with van der Waals surface area (Å²) < 4.78 is 5.69. The van der Waals surface area contributed by atoms with Crippen LogP contribution in [0.5, 0.6) is 0 Å². The molecule has 0 aromatic heterocycles. The topological polar surface area (TPSA) is 21.3 Å². The average molecular weight is 287 g/mol. The van der Waals surface area contributed by atoms with Crippen LogP contribution in [-0.2, 0) is 17.9 Å². The molecule has 0 saturated carbocycles. The molecule has 106 valence electrons. The fraction of sp³-hybridized carbons (Fsp3) is 0.294. The van der Waals surface area contributed by atoms with Gasteiger partial charge in [0, 0.05) is 11.4 Å². The van der Waals surface area contributed by atoms with Crippen molar-refractivity contribution in [1.29, 1.82) is 0 Å². The Kier molecular flexibility index (Phi) is 6.64. The van der Waals surface area contributed by atoms with Gasteiger partial charge >= 0.3 is 0 Å². The van der Waals surface area contributed by atoms with E-state index in [0.717, 1.165) is 13.1 Å². The minimum Gasteiger partial charge on any atom is -0.366 e. The number of nitrogens with one attached hydrogen (secondary N) is 1. The zero-order chi connectivity index (χ0) is 14.0. The first kappa shape index (κ1) is 15.1. The minimum absolute atomic E-state index is 0.672. The van der Waals surface area contributed by atoms with E-state index in [1.807, 2.05) is 18.2 Å². The van der Waals surface area contributed by atoms with Gasteiger partial charge in [-0.25, -0.2) is 0 Å².